The van der Waals surface area contributed by atoms with Crippen molar-refractivity contribution in [1.82, 2.24) is 20.2 Å². The number of alkyl halides is 3. The van der Waals surface area contributed by atoms with Crippen LogP contribution in [0.1, 0.15) is 13.8 Å². The second-order valence-corrected chi connectivity index (χ2v) is 7.42. The number of carbonyl (C=O) groups is 3. The van der Waals surface area contributed by atoms with E-state index < -0.39 is 54.9 Å². The molecule has 2 heterocycles. The molecule has 204 valence electrons. The Bertz CT molecular complexity index is 1100. The number of hydrogen-bond acceptors (Lipinski definition) is 9. The van der Waals surface area contributed by atoms with E-state index in [0.717, 1.165) is 4.57 Å². The molecule has 2 atom stereocenters. The lowest BCUT2D eigenvalue weighted by Crippen LogP contribution is -2.41. The molecule has 3 amide bonds. The van der Waals surface area contributed by atoms with Crippen molar-refractivity contribution in [2.75, 3.05) is 38.2 Å². The molecule has 0 aromatic carbocycles. The average molecular weight is 533 g/mol. The van der Waals surface area contributed by atoms with Gasteiger partial charge in [0.2, 0.25) is 11.8 Å². The Morgan fingerprint density at radius 3 is 2.59 bits per heavy atom. The van der Waals surface area contributed by atoms with Gasteiger partial charge in [0, 0.05) is 26.2 Å². The van der Waals surface area contributed by atoms with Gasteiger partial charge in [-0.2, -0.15) is 18.2 Å². The van der Waals surface area contributed by atoms with Crippen LogP contribution in [0, 0.1) is 0 Å². The van der Waals surface area contributed by atoms with E-state index in [4.69, 9.17) is 14.2 Å². The van der Waals surface area contributed by atoms with Crippen molar-refractivity contribution >= 4 is 29.4 Å². The van der Waals surface area contributed by atoms with Crippen LogP contribution in [0.3, 0.4) is 0 Å². The van der Waals surface area contributed by atoms with Crippen molar-refractivity contribution in [2.45, 2.75) is 32.2 Å². The maximum Gasteiger partial charge on any atom is 0.471 e. The number of amides is 3. The fourth-order valence-corrected chi connectivity index (χ4v) is 2.84. The highest BCUT2D eigenvalue weighted by molar-refractivity contribution is 5.87. The molecule has 0 saturated carbocycles. The Labute approximate surface area is 208 Å². The van der Waals surface area contributed by atoms with Gasteiger partial charge in [0.05, 0.1) is 13.2 Å². The first kappa shape index (κ1) is 29.3. The van der Waals surface area contributed by atoms with Crippen molar-refractivity contribution < 1.29 is 46.9 Å². The fraction of sp³-hybridized carbons (Fsp3) is 0.476. The second kappa shape index (κ2) is 13.4. The number of halogens is 3. The maximum atomic E-state index is 12.5. The van der Waals surface area contributed by atoms with E-state index in [1.165, 1.54) is 19.2 Å². The molecule has 1 unspecified atom stereocenters. The molecule has 0 fully saturated rings. The summed E-state index contributed by atoms with van der Waals surface area (Å²) in [6.07, 6.45) is -2.85. The molecule has 0 radical (unpaired) electrons. The number of allylic oxidation sites excluding steroid dienone is 1. The average Bonchev–Trinajstić information content (AvgIpc) is 3.12. The Hall–Kier alpha value is -3.92. The number of nitrogens with zero attached hydrogens (tertiary/aromatic N) is 2. The predicted molar refractivity (Wildman–Crippen MR) is 121 cm³/mol. The monoisotopic (exact) mass is 533 g/mol. The van der Waals surface area contributed by atoms with E-state index in [2.05, 4.69) is 15.6 Å². The van der Waals surface area contributed by atoms with Crippen LogP contribution in [0.15, 0.2) is 35.0 Å². The number of carbonyl (C=O) groups excluding carboxylic acids is 3. The first-order valence-corrected chi connectivity index (χ1v) is 10.8. The minimum atomic E-state index is -5.05. The van der Waals surface area contributed by atoms with Crippen LogP contribution in [0.2, 0.25) is 0 Å². The molecule has 1 aromatic heterocycles. The highest BCUT2D eigenvalue weighted by Crippen LogP contribution is 2.29. The van der Waals surface area contributed by atoms with Gasteiger partial charge in [0.25, 0.3) is 5.91 Å². The highest BCUT2D eigenvalue weighted by atomic mass is 19.4. The van der Waals surface area contributed by atoms with Crippen molar-refractivity contribution in [3.8, 4) is 0 Å². The maximum absolute atomic E-state index is 12.5. The SMILES string of the molecule is C/C=C/COC[C@H]1OC(n2ccc(NC(C)=O)nc2=O)=C(OCC(=O)NCCNC(=O)C(F)(F)F)C1O. The Morgan fingerprint density at radius 1 is 1.27 bits per heavy atom. The number of anilines is 1. The molecule has 0 bridgehead atoms. The largest absolute Gasteiger partial charge is 0.480 e. The van der Waals surface area contributed by atoms with Gasteiger partial charge in [-0.25, -0.2) is 9.36 Å². The molecule has 2 rings (SSSR count). The molecular formula is C21H26F3N5O8. The first-order valence-electron chi connectivity index (χ1n) is 10.8. The van der Waals surface area contributed by atoms with Gasteiger partial charge in [-0.1, -0.05) is 12.2 Å². The molecule has 0 saturated heterocycles. The molecule has 1 aliphatic rings. The van der Waals surface area contributed by atoms with Gasteiger partial charge >= 0.3 is 17.8 Å². The Balaban J connectivity index is 2.10. The number of rotatable bonds is 12. The quantitative estimate of drug-likeness (QED) is 0.204. The van der Waals surface area contributed by atoms with Gasteiger partial charge in [-0.3, -0.25) is 14.4 Å². The van der Waals surface area contributed by atoms with E-state index in [1.807, 2.05) is 0 Å². The summed E-state index contributed by atoms with van der Waals surface area (Å²) in [5.74, 6) is -3.99. The third-order valence-electron chi connectivity index (χ3n) is 4.50. The summed E-state index contributed by atoms with van der Waals surface area (Å²) in [7, 11) is 0. The van der Waals surface area contributed by atoms with Crippen molar-refractivity contribution in [1.29, 1.82) is 0 Å². The summed E-state index contributed by atoms with van der Waals surface area (Å²) in [5, 5.41) is 16.8. The van der Waals surface area contributed by atoms with Crippen molar-refractivity contribution in [3.63, 3.8) is 0 Å². The van der Waals surface area contributed by atoms with Crippen molar-refractivity contribution in [2.24, 2.45) is 0 Å². The van der Waals surface area contributed by atoms with E-state index in [0.29, 0.717) is 0 Å². The summed E-state index contributed by atoms with van der Waals surface area (Å²) in [5.41, 5.74) is -0.894. The highest BCUT2D eigenvalue weighted by Gasteiger charge is 2.40. The molecule has 37 heavy (non-hydrogen) atoms. The minimum absolute atomic E-state index is 0.0291. The first-order chi connectivity index (χ1) is 17.4. The van der Waals surface area contributed by atoms with E-state index in [1.54, 1.807) is 24.4 Å². The normalized spacial score (nSPS) is 17.5. The van der Waals surface area contributed by atoms with Crippen LogP contribution in [-0.2, 0) is 28.6 Å². The molecular weight excluding hydrogens is 507 g/mol. The molecule has 4 N–H and O–H groups in total. The van der Waals surface area contributed by atoms with Crippen LogP contribution >= 0.6 is 0 Å². The van der Waals surface area contributed by atoms with Crippen LogP contribution < -0.4 is 21.6 Å². The third kappa shape index (κ3) is 8.91. The number of aromatic nitrogens is 2. The summed E-state index contributed by atoms with van der Waals surface area (Å²) in [6, 6.07) is 1.29. The number of nitrogens with one attached hydrogen (secondary N) is 3. The summed E-state index contributed by atoms with van der Waals surface area (Å²) in [6.45, 7) is 1.60. The lowest BCUT2D eigenvalue weighted by atomic mass is 10.2. The molecule has 1 aromatic rings. The number of hydrogen-bond donors (Lipinski definition) is 4. The topological polar surface area (TPSA) is 170 Å². The smallest absolute Gasteiger partial charge is 0.471 e. The fourth-order valence-electron chi connectivity index (χ4n) is 2.84. The summed E-state index contributed by atoms with van der Waals surface area (Å²) in [4.78, 5) is 50.2. The number of aliphatic hydroxyl groups is 1. The second-order valence-electron chi connectivity index (χ2n) is 7.42. The van der Waals surface area contributed by atoms with Gasteiger partial charge in [0.15, 0.2) is 24.6 Å². The number of ether oxygens (including phenoxy) is 3. The lowest BCUT2D eigenvalue weighted by molar-refractivity contribution is -0.173. The third-order valence-corrected chi connectivity index (χ3v) is 4.50. The summed E-state index contributed by atoms with van der Waals surface area (Å²) >= 11 is 0. The van der Waals surface area contributed by atoms with Gasteiger partial charge in [0.1, 0.15) is 5.82 Å². The van der Waals surface area contributed by atoms with Crippen LogP contribution in [-0.4, -0.2) is 83.7 Å². The number of aliphatic hydroxyl groups excluding tert-OH is 1. The van der Waals surface area contributed by atoms with E-state index in [-0.39, 0.29) is 37.2 Å². The predicted octanol–water partition coefficient (Wildman–Crippen LogP) is -0.508. The molecule has 0 aliphatic carbocycles. The summed E-state index contributed by atoms with van der Waals surface area (Å²) < 4.78 is 53.8. The van der Waals surface area contributed by atoms with Crippen LogP contribution in [0.25, 0.3) is 5.88 Å². The molecule has 1 aliphatic heterocycles. The minimum Gasteiger partial charge on any atom is -0.480 e. The Kier molecular flexibility index (Phi) is 10.6. The van der Waals surface area contributed by atoms with Gasteiger partial charge in [-0.05, 0) is 13.0 Å². The van der Waals surface area contributed by atoms with Gasteiger partial charge < -0.3 is 35.3 Å². The molecule has 0 spiro atoms. The zero-order chi connectivity index (χ0) is 27.6. The van der Waals surface area contributed by atoms with E-state index in [9.17, 15) is 37.5 Å². The standard InChI is InChI=1S/C21H26F3N5O8/c1-3-4-9-35-10-13-16(32)17(36-11-15(31)25-6-7-26-19(33)21(22,23)24)18(37-13)29-8-5-14(27-12(2)30)28-20(29)34/h3-5,8,13,16,32H,6-7,9-11H2,1-2H3,(H,25,31)(H,26,33)(H,27,28,30,34)/b4-3+/t13-,16?/m1/s1. The van der Waals surface area contributed by atoms with Crippen molar-refractivity contribution in [3.05, 3.63) is 40.7 Å². The Morgan fingerprint density at radius 2 is 1.97 bits per heavy atom. The van der Waals surface area contributed by atoms with Gasteiger partial charge in [-0.15, -0.1) is 0 Å². The molecule has 16 heteroatoms. The van der Waals surface area contributed by atoms with E-state index >= 15 is 0 Å². The zero-order valence-corrected chi connectivity index (χ0v) is 19.8. The van der Waals surface area contributed by atoms with Crippen LogP contribution in [0.4, 0.5) is 19.0 Å². The molecule has 13 nitrogen and oxygen atoms in total. The lowest BCUT2D eigenvalue weighted by Gasteiger charge is -2.16. The zero-order valence-electron chi connectivity index (χ0n) is 19.8. The van der Waals surface area contributed by atoms with Crippen LogP contribution in [0.5, 0.6) is 0 Å².